The van der Waals surface area contributed by atoms with Crippen molar-refractivity contribution in [2.24, 2.45) is 0 Å². The van der Waals surface area contributed by atoms with Crippen molar-refractivity contribution in [3.63, 3.8) is 0 Å². The first-order valence-electron chi connectivity index (χ1n) is 5.22. The molecule has 3 nitrogen and oxygen atoms in total. The molecule has 0 spiro atoms. The second-order valence-corrected chi connectivity index (χ2v) is 7.12. The highest BCUT2D eigenvalue weighted by Crippen LogP contribution is 2.33. The third-order valence-corrected chi connectivity index (χ3v) is 5.10. The average molecular weight is 371 g/mol. The maximum atomic E-state index is 12.3. The molecule has 2 aromatic rings. The number of sulfonamides is 1. The molecule has 2 rings (SSSR count). The molecular weight excluding hydrogens is 364 g/mol. The molecule has 0 radical (unpaired) electrons. The molecule has 0 aliphatic carbocycles. The van der Waals surface area contributed by atoms with Gasteiger partial charge in [-0.1, -0.05) is 46.4 Å². The lowest BCUT2D eigenvalue weighted by molar-refractivity contribution is 0.601. The van der Waals surface area contributed by atoms with Crippen molar-refractivity contribution >= 4 is 62.1 Å². The van der Waals surface area contributed by atoms with Crippen LogP contribution in [-0.2, 0) is 10.0 Å². The Morgan fingerprint density at radius 2 is 1.30 bits per heavy atom. The highest BCUT2D eigenvalue weighted by Gasteiger charge is 2.22. The highest BCUT2D eigenvalue weighted by atomic mass is 35.5. The van der Waals surface area contributed by atoms with E-state index in [1.54, 1.807) is 12.1 Å². The SMILES string of the molecule is O=S(=O)(Nc1ccc(Cl)cc1)c1c(Cl)cc(Cl)cc1Cl. The van der Waals surface area contributed by atoms with Crippen molar-refractivity contribution < 1.29 is 8.42 Å². The van der Waals surface area contributed by atoms with E-state index in [1.165, 1.54) is 24.3 Å². The van der Waals surface area contributed by atoms with Crippen molar-refractivity contribution in [3.8, 4) is 0 Å². The summed E-state index contributed by atoms with van der Waals surface area (Å²) in [5.74, 6) is 0. The first-order valence-corrected chi connectivity index (χ1v) is 8.22. The van der Waals surface area contributed by atoms with Gasteiger partial charge in [-0.05, 0) is 36.4 Å². The van der Waals surface area contributed by atoms with Crippen LogP contribution < -0.4 is 4.72 Å². The molecule has 0 bridgehead atoms. The zero-order chi connectivity index (χ0) is 14.9. The van der Waals surface area contributed by atoms with E-state index in [9.17, 15) is 8.42 Å². The molecule has 0 saturated heterocycles. The average Bonchev–Trinajstić information content (AvgIpc) is 2.30. The van der Waals surface area contributed by atoms with Crippen LogP contribution in [0.15, 0.2) is 41.3 Å². The Bertz CT molecular complexity index is 722. The van der Waals surface area contributed by atoms with Crippen LogP contribution in [0.1, 0.15) is 0 Å². The van der Waals surface area contributed by atoms with Gasteiger partial charge in [-0.2, -0.15) is 0 Å². The number of rotatable bonds is 3. The Hall–Kier alpha value is -0.650. The Morgan fingerprint density at radius 3 is 1.80 bits per heavy atom. The van der Waals surface area contributed by atoms with Gasteiger partial charge in [-0.15, -0.1) is 0 Å². The van der Waals surface area contributed by atoms with Crippen LogP contribution in [0.5, 0.6) is 0 Å². The van der Waals surface area contributed by atoms with Gasteiger partial charge in [-0.25, -0.2) is 8.42 Å². The summed E-state index contributed by atoms with van der Waals surface area (Å²) < 4.78 is 26.9. The first kappa shape index (κ1) is 15.7. The molecule has 2 aromatic carbocycles. The van der Waals surface area contributed by atoms with E-state index in [-0.39, 0.29) is 20.0 Å². The molecule has 1 N–H and O–H groups in total. The summed E-state index contributed by atoms with van der Waals surface area (Å²) in [5, 5.41) is 0.647. The monoisotopic (exact) mass is 369 g/mol. The van der Waals surface area contributed by atoms with Crippen LogP contribution in [0.25, 0.3) is 0 Å². The summed E-state index contributed by atoms with van der Waals surface area (Å²) >= 11 is 23.3. The molecule has 20 heavy (non-hydrogen) atoms. The van der Waals surface area contributed by atoms with Gasteiger partial charge in [0.25, 0.3) is 10.0 Å². The molecule has 8 heteroatoms. The Morgan fingerprint density at radius 1 is 0.800 bits per heavy atom. The summed E-state index contributed by atoms with van der Waals surface area (Å²) in [5.41, 5.74) is 0.344. The fraction of sp³-hybridized carbons (Fsp3) is 0. The fourth-order valence-corrected chi connectivity index (χ4v) is 4.24. The van der Waals surface area contributed by atoms with E-state index in [0.717, 1.165) is 0 Å². The van der Waals surface area contributed by atoms with Crippen molar-refractivity contribution in [1.29, 1.82) is 0 Å². The number of benzene rings is 2. The van der Waals surface area contributed by atoms with Crippen molar-refractivity contribution in [3.05, 3.63) is 56.5 Å². The Labute approximate surface area is 136 Å². The van der Waals surface area contributed by atoms with Crippen LogP contribution in [0.2, 0.25) is 20.1 Å². The second-order valence-electron chi connectivity index (χ2n) is 3.81. The zero-order valence-corrected chi connectivity index (χ0v) is 13.5. The van der Waals surface area contributed by atoms with Gasteiger partial charge >= 0.3 is 0 Å². The third kappa shape index (κ3) is 3.51. The minimum atomic E-state index is -3.92. The third-order valence-electron chi connectivity index (χ3n) is 2.33. The van der Waals surface area contributed by atoms with Crippen LogP contribution in [0.4, 0.5) is 5.69 Å². The molecular formula is C12H7Cl4NO2S. The minimum absolute atomic E-state index is 0.0519. The molecule has 0 saturated carbocycles. The van der Waals surface area contributed by atoms with Crippen molar-refractivity contribution in [2.75, 3.05) is 4.72 Å². The first-order chi connectivity index (χ1) is 9.29. The summed E-state index contributed by atoms with van der Waals surface area (Å²) in [6.07, 6.45) is 0. The maximum Gasteiger partial charge on any atom is 0.264 e. The molecule has 0 aromatic heterocycles. The van der Waals surface area contributed by atoms with Crippen molar-refractivity contribution in [1.82, 2.24) is 0 Å². The highest BCUT2D eigenvalue weighted by molar-refractivity contribution is 7.93. The Kier molecular flexibility index (Phi) is 4.72. The number of nitrogens with one attached hydrogen (secondary N) is 1. The standard InChI is InChI=1S/C12H7Cl4NO2S/c13-7-1-3-9(4-2-7)17-20(18,19)12-10(15)5-8(14)6-11(12)16/h1-6,17H. The van der Waals surface area contributed by atoms with E-state index in [2.05, 4.69) is 4.72 Å². The molecule has 106 valence electrons. The summed E-state index contributed by atoms with van der Waals surface area (Å²) in [6.45, 7) is 0. The van der Waals surface area contributed by atoms with Gasteiger partial charge in [0.15, 0.2) is 0 Å². The van der Waals surface area contributed by atoms with E-state index in [1.807, 2.05) is 0 Å². The number of hydrogen-bond donors (Lipinski definition) is 1. The number of anilines is 1. The largest absolute Gasteiger partial charge is 0.280 e. The molecule has 0 aliphatic rings. The molecule has 0 aliphatic heterocycles. The number of hydrogen-bond acceptors (Lipinski definition) is 2. The minimum Gasteiger partial charge on any atom is -0.280 e. The van der Waals surface area contributed by atoms with Gasteiger partial charge in [0.1, 0.15) is 4.90 Å². The lowest BCUT2D eigenvalue weighted by atomic mass is 10.3. The van der Waals surface area contributed by atoms with Gasteiger partial charge in [0.2, 0.25) is 0 Å². The molecule has 0 atom stereocenters. The van der Waals surface area contributed by atoms with E-state index < -0.39 is 10.0 Å². The van der Waals surface area contributed by atoms with E-state index in [4.69, 9.17) is 46.4 Å². The normalized spacial score (nSPS) is 11.4. The van der Waals surface area contributed by atoms with Crippen LogP contribution >= 0.6 is 46.4 Å². The quantitative estimate of drug-likeness (QED) is 0.816. The lowest BCUT2D eigenvalue weighted by Crippen LogP contribution is -2.14. The van der Waals surface area contributed by atoms with E-state index in [0.29, 0.717) is 10.7 Å². The zero-order valence-electron chi connectivity index (χ0n) is 9.70. The summed E-state index contributed by atoms with van der Waals surface area (Å²) in [7, 11) is -3.92. The van der Waals surface area contributed by atoms with Gasteiger partial charge in [-0.3, -0.25) is 4.72 Å². The predicted octanol–water partition coefficient (Wildman–Crippen LogP) is 5.10. The van der Waals surface area contributed by atoms with Crippen LogP contribution in [0.3, 0.4) is 0 Å². The fourth-order valence-electron chi connectivity index (χ4n) is 1.51. The number of halogens is 4. The predicted molar refractivity (Wildman–Crippen MR) is 83.7 cm³/mol. The van der Waals surface area contributed by atoms with Gasteiger partial charge in [0, 0.05) is 15.7 Å². The smallest absolute Gasteiger partial charge is 0.264 e. The van der Waals surface area contributed by atoms with Crippen LogP contribution in [-0.4, -0.2) is 8.42 Å². The molecule has 0 heterocycles. The second kappa shape index (κ2) is 6.00. The summed E-state index contributed by atoms with van der Waals surface area (Å²) in [6, 6.07) is 8.79. The molecule has 0 amide bonds. The van der Waals surface area contributed by atoms with Gasteiger partial charge < -0.3 is 0 Å². The molecule has 0 unspecified atom stereocenters. The topological polar surface area (TPSA) is 46.2 Å². The van der Waals surface area contributed by atoms with Gasteiger partial charge in [0.05, 0.1) is 10.0 Å². The molecule has 0 fully saturated rings. The summed E-state index contributed by atoms with van der Waals surface area (Å²) in [4.78, 5) is -0.222. The van der Waals surface area contributed by atoms with Crippen LogP contribution in [0, 0.1) is 0 Å². The lowest BCUT2D eigenvalue weighted by Gasteiger charge is -2.11. The Balaban J connectivity index is 2.43. The van der Waals surface area contributed by atoms with E-state index >= 15 is 0 Å². The van der Waals surface area contributed by atoms with Crippen molar-refractivity contribution in [2.45, 2.75) is 4.90 Å². The maximum absolute atomic E-state index is 12.3.